The monoisotopic (exact) mass is 349 g/mol. The quantitative estimate of drug-likeness (QED) is 0.710. The van der Waals surface area contributed by atoms with Crippen LogP contribution in [0.3, 0.4) is 0 Å². The van der Waals surface area contributed by atoms with E-state index >= 15 is 0 Å². The standard InChI is InChI=1S/C19H18F3NO2/c20-19(21,22)25-17-11-5-4-10-16(17)23(14-24)18(12-6-7-13-18)15-8-2-1-3-9-15/h1-5,8-11,14H,6-7,12-13H2. The largest absolute Gasteiger partial charge is 0.573 e. The maximum Gasteiger partial charge on any atom is 0.573 e. The lowest BCUT2D eigenvalue weighted by molar-refractivity contribution is -0.274. The first-order valence-corrected chi connectivity index (χ1v) is 8.11. The van der Waals surface area contributed by atoms with Crippen LogP contribution in [0.1, 0.15) is 31.2 Å². The molecule has 3 nitrogen and oxygen atoms in total. The van der Waals surface area contributed by atoms with E-state index in [0.29, 0.717) is 19.3 Å². The number of benzene rings is 2. The van der Waals surface area contributed by atoms with Crippen LogP contribution in [0.15, 0.2) is 54.6 Å². The zero-order chi connectivity index (χ0) is 17.9. The first kappa shape index (κ1) is 17.3. The molecule has 0 N–H and O–H groups in total. The third-order valence-electron chi connectivity index (χ3n) is 4.66. The second-order valence-electron chi connectivity index (χ2n) is 6.10. The van der Waals surface area contributed by atoms with Crippen LogP contribution < -0.4 is 9.64 Å². The predicted molar refractivity (Wildman–Crippen MR) is 88.3 cm³/mol. The number of para-hydroxylation sites is 2. The summed E-state index contributed by atoms with van der Waals surface area (Å²) < 4.78 is 42.4. The smallest absolute Gasteiger partial charge is 0.404 e. The Labute approximate surface area is 144 Å². The molecule has 1 aliphatic rings. The van der Waals surface area contributed by atoms with E-state index in [1.54, 1.807) is 6.07 Å². The predicted octanol–water partition coefficient (Wildman–Crippen LogP) is 5.02. The van der Waals surface area contributed by atoms with Crippen LogP contribution in [0.25, 0.3) is 0 Å². The van der Waals surface area contributed by atoms with E-state index in [4.69, 9.17) is 0 Å². The number of halogens is 3. The number of rotatable bonds is 5. The SMILES string of the molecule is O=CN(c1ccccc1OC(F)(F)F)C1(c2ccccc2)CCCC1. The summed E-state index contributed by atoms with van der Waals surface area (Å²) in [5.74, 6) is -0.371. The van der Waals surface area contributed by atoms with E-state index in [9.17, 15) is 18.0 Å². The van der Waals surface area contributed by atoms with Crippen LogP contribution in [0.5, 0.6) is 5.75 Å². The van der Waals surface area contributed by atoms with E-state index in [1.807, 2.05) is 30.3 Å². The van der Waals surface area contributed by atoms with Crippen molar-refractivity contribution >= 4 is 12.1 Å². The Morgan fingerprint density at radius 1 is 0.960 bits per heavy atom. The molecule has 0 atom stereocenters. The Morgan fingerprint density at radius 2 is 1.56 bits per heavy atom. The normalized spacial score (nSPS) is 16.4. The molecule has 1 aliphatic carbocycles. The van der Waals surface area contributed by atoms with Crippen molar-refractivity contribution in [2.24, 2.45) is 0 Å². The Bertz CT molecular complexity index is 725. The molecule has 0 heterocycles. The van der Waals surface area contributed by atoms with E-state index < -0.39 is 11.9 Å². The molecule has 6 heteroatoms. The molecule has 0 spiro atoms. The molecule has 0 aromatic heterocycles. The highest BCUT2D eigenvalue weighted by Crippen LogP contribution is 2.47. The topological polar surface area (TPSA) is 29.5 Å². The van der Waals surface area contributed by atoms with Gasteiger partial charge in [0, 0.05) is 0 Å². The Kier molecular flexibility index (Phi) is 4.70. The third kappa shape index (κ3) is 3.48. The zero-order valence-electron chi connectivity index (χ0n) is 13.5. The van der Waals surface area contributed by atoms with Crippen molar-refractivity contribution in [3.05, 3.63) is 60.2 Å². The van der Waals surface area contributed by atoms with Gasteiger partial charge in [-0.1, -0.05) is 55.3 Å². The fourth-order valence-corrected chi connectivity index (χ4v) is 3.63. The van der Waals surface area contributed by atoms with Crippen LogP contribution in [0, 0.1) is 0 Å². The number of hydrogen-bond donors (Lipinski definition) is 0. The molecular formula is C19H18F3NO2. The average Bonchev–Trinajstić information content (AvgIpc) is 3.07. The van der Waals surface area contributed by atoms with Gasteiger partial charge in [-0.2, -0.15) is 0 Å². The van der Waals surface area contributed by atoms with Gasteiger partial charge >= 0.3 is 6.36 Å². The Morgan fingerprint density at radius 3 is 2.16 bits per heavy atom. The van der Waals surface area contributed by atoms with Gasteiger partial charge in [0.05, 0.1) is 11.2 Å². The molecule has 1 fully saturated rings. The molecule has 1 amide bonds. The summed E-state index contributed by atoms with van der Waals surface area (Å²) in [5.41, 5.74) is 0.385. The molecule has 25 heavy (non-hydrogen) atoms. The number of amides is 1. The first-order chi connectivity index (χ1) is 12.0. The molecule has 0 saturated heterocycles. The maximum absolute atomic E-state index is 12.8. The molecule has 2 aromatic carbocycles. The van der Waals surface area contributed by atoms with E-state index in [0.717, 1.165) is 18.4 Å². The lowest BCUT2D eigenvalue weighted by Gasteiger charge is -2.40. The molecule has 0 unspecified atom stereocenters. The first-order valence-electron chi connectivity index (χ1n) is 8.11. The molecule has 132 valence electrons. The van der Waals surface area contributed by atoms with Crippen LogP contribution in [0.4, 0.5) is 18.9 Å². The number of hydrogen-bond acceptors (Lipinski definition) is 2. The van der Waals surface area contributed by atoms with Crippen LogP contribution in [-0.4, -0.2) is 12.8 Å². The summed E-state index contributed by atoms with van der Waals surface area (Å²) in [4.78, 5) is 13.4. The Hall–Kier alpha value is -2.50. The molecule has 0 bridgehead atoms. The number of anilines is 1. The Balaban J connectivity index is 2.09. The molecule has 0 aliphatic heterocycles. The fraction of sp³-hybridized carbons (Fsp3) is 0.316. The highest BCUT2D eigenvalue weighted by molar-refractivity contribution is 5.81. The van der Waals surface area contributed by atoms with Crippen LogP contribution in [0.2, 0.25) is 0 Å². The summed E-state index contributed by atoms with van der Waals surface area (Å²) in [6.07, 6.45) is -1.02. The van der Waals surface area contributed by atoms with Crippen molar-refractivity contribution in [1.82, 2.24) is 0 Å². The summed E-state index contributed by atoms with van der Waals surface area (Å²) in [6.45, 7) is 0. The minimum Gasteiger partial charge on any atom is -0.404 e. The third-order valence-corrected chi connectivity index (χ3v) is 4.66. The molecule has 1 saturated carbocycles. The average molecular weight is 349 g/mol. The van der Waals surface area contributed by atoms with Gasteiger partial charge in [-0.3, -0.25) is 4.79 Å². The summed E-state index contributed by atoms with van der Waals surface area (Å²) >= 11 is 0. The summed E-state index contributed by atoms with van der Waals surface area (Å²) in [5, 5.41) is 0. The lowest BCUT2D eigenvalue weighted by Crippen LogP contribution is -2.44. The van der Waals surface area contributed by atoms with Crippen LogP contribution in [-0.2, 0) is 10.3 Å². The maximum atomic E-state index is 12.8. The number of carbonyl (C=O) groups is 1. The summed E-state index contributed by atoms with van der Waals surface area (Å²) in [7, 11) is 0. The van der Waals surface area contributed by atoms with Gasteiger partial charge in [0.15, 0.2) is 5.75 Å². The van der Waals surface area contributed by atoms with Crippen LogP contribution >= 0.6 is 0 Å². The minimum absolute atomic E-state index is 0.126. The summed E-state index contributed by atoms with van der Waals surface area (Å²) in [6, 6.07) is 15.2. The fourth-order valence-electron chi connectivity index (χ4n) is 3.63. The highest BCUT2D eigenvalue weighted by Gasteiger charge is 2.43. The van der Waals surface area contributed by atoms with Gasteiger partial charge in [-0.05, 0) is 30.5 Å². The number of ether oxygens (including phenoxy) is 1. The van der Waals surface area contributed by atoms with Gasteiger partial charge in [0.1, 0.15) is 0 Å². The van der Waals surface area contributed by atoms with Gasteiger partial charge in [0.2, 0.25) is 6.41 Å². The second kappa shape index (κ2) is 6.78. The highest BCUT2D eigenvalue weighted by atomic mass is 19.4. The zero-order valence-corrected chi connectivity index (χ0v) is 13.5. The second-order valence-corrected chi connectivity index (χ2v) is 6.10. The molecule has 0 radical (unpaired) electrons. The van der Waals surface area contributed by atoms with Gasteiger partial charge in [0.25, 0.3) is 0 Å². The van der Waals surface area contributed by atoms with Gasteiger partial charge in [-0.15, -0.1) is 13.2 Å². The van der Waals surface area contributed by atoms with E-state index in [2.05, 4.69) is 4.74 Å². The number of carbonyl (C=O) groups excluding carboxylic acids is 1. The van der Waals surface area contributed by atoms with Gasteiger partial charge < -0.3 is 9.64 Å². The van der Waals surface area contributed by atoms with Gasteiger partial charge in [-0.25, -0.2) is 0 Å². The van der Waals surface area contributed by atoms with Crippen molar-refractivity contribution in [2.45, 2.75) is 37.6 Å². The molecular weight excluding hydrogens is 331 g/mol. The van der Waals surface area contributed by atoms with E-state index in [-0.39, 0.29) is 11.4 Å². The molecule has 3 rings (SSSR count). The lowest BCUT2D eigenvalue weighted by atomic mass is 9.86. The number of nitrogens with zero attached hydrogens (tertiary/aromatic N) is 1. The molecule has 2 aromatic rings. The van der Waals surface area contributed by atoms with Crippen molar-refractivity contribution in [3.63, 3.8) is 0 Å². The van der Waals surface area contributed by atoms with E-state index in [1.165, 1.54) is 23.1 Å². The van der Waals surface area contributed by atoms with Crippen molar-refractivity contribution < 1.29 is 22.7 Å². The number of alkyl halides is 3. The van der Waals surface area contributed by atoms with Crippen molar-refractivity contribution in [3.8, 4) is 5.75 Å². The van der Waals surface area contributed by atoms with Crippen molar-refractivity contribution in [2.75, 3.05) is 4.90 Å². The minimum atomic E-state index is -4.82. The van der Waals surface area contributed by atoms with Crippen molar-refractivity contribution in [1.29, 1.82) is 0 Å².